The minimum Gasteiger partial charge on any atom is -0.508 e. The van der Waals surface area contributed by atoms with Crippen LogP contribution in [0, 0.1) is 0 Å². The lowest BCUT2D eigenvalue weighted by Gasteiger charge is -2.13. The van der Waals surface area contributed by atoms with E-state index in [1.54, 1.807) is 30.3 Å². The second-order valence-corrected chi connectivity index (χ2v) is 5.75. The summed E-state index contributed by atoms with van der Waals surface area (Å²) in [6.45, 7) is 0. The average molecular weight is 355 g/mol. The molecule has 0 bridgehead atoms. The summed E-state index contributed by atoms with van der Waals surface area (Å²) in [6.07, 6.45) is 0.0788. The Hall–Kier alpha value is -3.48. The molecule has 26 heavy (non-hydrogen) atoms. The van der Waals surface area contributed by atoms with Gasteiger partial charge in [-0.2, -0.15) is 0 Å². The molecule has 7 nitrogen and oxygen atoms in total. The van der Waals surface area contributed by atoms with E-state index in [4.69, 9.17) is 9.15 Å². The molecule has 0 unspecified atom stereocenters. The Balaban J connectivity index is 1.77. The number of benzene rings is 2. The summed E-state index contributed by atoms with van der Waals surface area (Å²) in [5.74, 6) is -1.05. The van der Waals surface area contributed by atoms with E-state index < -0.39 is 17.9 Å². The highest BCUT2D eigenvalue weighted by Gasteiger charge is 2.23. The molecule has 0 fully saturated rings. The molecule has 0 saturated carbocycles. The molecular weight excluding hydrogens is 338 g/mol. The number of carboxylic acids is 1. The Bertz CT molecular complexity index is 944. The molecule has 1 heterocycles. The van der Waals surface area contributed by atoms with Crippen LogP contribution in [0.2, 0.25) is 0 Å². The fourth-order valence-electron chi connectivity index (χ4n) is 2.56. The van der Waals surface area contributed by atoms with Crippen molar-refractivity contribution in [2.45, 2.75) is 12.5 Å². The lowest BCUT2D eigenvalue weighted by atomic mass is 10.1. The predicted molar refractivity (Wildman–Crippen MR) is 93.5 cm³/mol. The van der Waals surface area contributed by atoms with E-state index >= 15 is 0 Å². The Morgan fingerprint density at radius 2 is 1.88 bits per heavy atom. The first kappa shape index (κ1) is 17.3. The predicted octanol–water partition coefficient (Wildman–Crippen LogP) is 2.57. The van der Waals surface area contributed by atoms with Crippen LogP contribution in [0.1, 0.15) is 16.1 Å². The maximum atomic E-state index is 12.4. The zero-order chi connectivity index (χ0) is 18.7. The molecule has 0 aliphatic carbocycles. The third kappa shape index (κ3) is 3.77. The molecule has 0 radical (unpaired) electrons. The zero-order valence-corrected chi connectivity index (χ0v) is 13.9. The molecule has 134 valence electrons. The van der Waals surface area contributed by atoms with Crippen LogP contribution >= 0.6 is 0 Å². The van der Waals surface area contributed by atoms with Crippen LogP contribution in [-0.4, -0.2) is 35.2 Å². The summed E-state index contributed by atoms with van der Waals surface area (Å²) < 4.78 is 10.6. The van der Waals surface area contributed by atoms with Gasteiger partial charge in [0, 0.05) is 11.8 Å². The van der Waals surface area contributed by atoms with Gasteiger partial charge in [0.15, 0.2) is 5.76 Å². The van der Waals surface area contributed by atoms with Crippen molar-refractivity contribution < 1.29 is 29.0 Å². The molecule has 0 aliphatic rings. The topological polar surface area (TPSA) is 109 Å². The SMILES string of the molecule is COc1ccc2oc(C(=O)N[C@@H](Cc3ccc(O)cc3)C(=O)O)cc2c1. The van der Waals surface area contributed by atoms with Gasteiger partial charge in [-0.1, -0.05) is 12.1 Å². The molecule has 3 aromatic rings. The number of carbonyl (C=O) groups excluding carboxylic acids is 1. The van der Waals surface area contributed by atoms with Crippen LogP contribution in [0.25, 0.3) is 11.0 Å². The van der Waals surface area contributed by atoms with Gasteiger partial charge in [0.05, 0.1) is 7.11 Å². The number of furan rings is 1. The quantitative estimate of drug-likeness (QED) is 0.627. The summed E-state index contributed by atoms with van der Waals surface area (Å²) in [5.41, 5.74) is 1.17. The van der Waals surface area contributed by atoms with E-state index in [1.165, 1.54) is 25.3 Å². The minimum absolute atomic E-state index is 0.0187. The molecule has 3 rings (SSSR count). The van der Waals surface area contributed by atoms with Crippen LogP contribution < -0.4 is 10.1 Å². The summed E-state index contributed by atoms with van der Waals surface area (Å²) in [5, 5.41) is 21.8. The summed E-state index contributed by atoms with van der Waals surface area (Å²) in [4.78, 5) is 23.9. The molecule has 1 amide bonds. The molecular formula is C19H17NO6. The summed E-state index contributed by atoms with van der Waals surface area (Å²) >= 11 is 0. The van der Waals surface area contributed by atoms with E-state index in [0.29, 0.717) is 22.3 Å². The number of phenolic OH excluding ortho intramolecular Hbond substituents is 1. The number of nitrogens with one attached hydrogen (secondary N) is 1. The number of ether oxygens (including phenoxy) is 1. The van der Waals surface area contributed by atoms with Crippen molar-refractivity contribution in [1.82, 2.24) is 5.32 Å². The number of amides is 1. The van der Waals surface area contributed by atoms with Gasteiger partial charge in [0.2, 0.25) is 0 Å². The second-order valence-electron chi connectivity index (χ2n) is 5.75. The van der Waals surface area contributed by atoms with Crippen molar-refractivity contribution >= 4 is 22.8 Å². The standard InChI is InChI=1S/C19H17NO6/c1-25-14-6-7-16-12(9-14)10-17(26-16)18(22)20-15(19(23)24)8-11-2-4-13(21)5-3-11/h2-7,9-10,15,21H,8H2,1H3,(H,20,22)(H,23,24)/t15-/m0/s1. The molecule has 3 N–H and O–H groups in total. The summed E-state index contributed by atoms with van der Waals surface area (Å²) in [6, 6.07) is 11.6. The fraction of sp³-hybridized carbons (Fsp3) is 0.158. The van der Waals surface area contributed by atoms with Gasteiger partial charge in [-0.25, -0.2) is 4.79 Å². The second kappa shape index (κ2) is 7.18. The van der Waals surface area contributed by atoms with Gasteiger partial charge in [-0.05, 0) is 42.0 Å². The Morgan fingerprint density at radius 1 is 1.15 bits per heavy atom. The van der Waals surface area contributed by atoms with E-state index in [9.17, 15) is 19.8 Å². The van der Waals surface area contributed by atoms with E-state index in [-0.39, 0.29) is 17.9 Å². The number of phenols is 1. The maximum absolute atomic E-state index is 12.4. The van der Waals surface area contributed by atoms with Crippen molar-refractivity contribution in [3.8, 4) is 11.5 Å². The number of aromatic hydroxyl groups is 1. The molecule has 7 heteroatoms. The van der Waals surface area contributed by atoms with Crippen molar-refractivity contribution in [2.24, 2.45) is 0 Å². The molecule has 2 aromatic carbocycles. The van der Waals surface area contributed by atoms with Crippen LogP contribution in [-0.2, 0) is 11.2 Å². The summed E-state index contributed by atoms with van der Waals surface area (Å²) in [7, 11) is 1.54. The lowest BCUT2D eigenvalue weighted by molar-refractivity contribution is -0.139. The van der Waals surface area contributed by atoms with Gasteiger partial charge in [-0.3, -0.25) is 4.79 Å². The number of hydrogen-bond donors (Lipinski definition) is 3. The van der Waals surface area contributed by atoms with Crippen molar-refractivity contribution in [2.75, 3.05) is 7.11 Å². The van der Waals surface area contributed by atoms with Gasteiger partial charge >= 0.3 is 5.97 Å². The van der Waals surface area contributed by atoms with Crippen molar-refractivity contribution in [3.63, 3.8) is 0 Å². The first-order valence-electron chi connectivity index (χ1n) is 7.85. The molecule has 0 spiro atoms. The van der Waals surface area contributed by atoms with Crippen LogP contribution in [0.3, 0.4) is 0 Å². The number of carbonyl (C=O) groups is 2. The Kier molecular flexibility index (Phi) is 4.79. The molecule has 1 atom stereocenters. The largest absolute Gasteiger partial charge is 0.508 e. The van der Waals surface area contributed by atoms with E-state index in [2.05, 4.69) is 5.32 Å². The van der Waals surface area contributed by atoms with Crippen molar-refractivity contribution in [3.05, 3.63) is 59.9 Å². The Labute approximate surface area is 148 Å². The highest BCUT2D eigenvalue weighted by Crippen LogP contribution is 2.24. The number of hydrogen-bond acceptors (Lipinski definition) is 5. The van der Waals surface area contributed by atoms with Gasteiger partial charge in [0.25, 0.3) is 5.91 Å². The molecule has 1 aromatic heterocycles. The highest BCUT2D eigenvalue weighted by atomic mass is 16.5. The number of aliphatic carboxylic acids is 1. The third-order valence-corrected chi connectivity index (χ3v) is 3.93. The van der Waals surface area contributed by atoms with Crippen LogP contribution in [0.15, 0.2) is 52.9 Å². The number of carboxylic acid groups (broad SMARTS) is 1. The highest BCUT2D eigenvalue weighted by molar-refractivity contribution is 5.98. The third-order valence-electron chi connectivity index (χ3n) is 3.93. The zero-order valence-electron chi connectivity index (χ0n) is 13.9. The average Bonchev–Trinajstić information content (AvgIpc) is 3.06. The van der Waals surface area contributed by atoms with E-state index in [1.807, 2.05) is 0 Å². The smallest absolute Gasteiger partial charge is 0.326 e. The van der Waals surface area contributed by atoms with Crippen molar-refractivity contribution in [1.29, 1.82) is 0 Å². The first-order chi connectivity index (χ1) is 12.5. The number of fused-ring (bicyclic) bond motifs is 1. The van der Waals surface area contributed by atoms with Crippen LogP contribution in [0.4, 0.5) is 0 Å². The molecule has 0 aliphatic heterocycles. The minimum atomic E-state index is -1.16. The van der Waals surface area contributed by atoms with Gasteiger partial charge in [0.1, 0.15) is 23.1 Å². The molecule has 0 saturated heterocycles. The normalized spacial score (nSPS) is 11.9. The van der Waals surface area contributed by atoms with E-state index in [0.717, 1.165) is 0 Å². The van der Waals surface area contributed by atoms with Crippen LogP contribution in [0.5, 0.6) is 11.5 Å². The first-order valence-corrected chi connectivity index (χ1v) is 7.85. The maximum Gasteiger partial charge on any atom is 0.326 e. The fourth-order valence-corrected chi connectivity index (χ4v) is 2.56. The van der Waals surface area contributed by atoms with Gasteiger partial charge in [-0.15, -0.1) is 0 Å². The Morgan fingerprint density at radius 3 is 2.54 bits per heavy atom. The number of methoxy groups -OCH3 is 1. The monoisotopic (exact) mass is 355 g/mol. The number of rotatable bonds is 6. The lowest BCUT2D eigenvalue weighted by Crippen LogP contribution is -2.42. The van der Waals surface area contributed by atoms with Gasteiger partial charge < -0.3 is 24.7 Å².